The molecular weight excluding hydrogens is 383 g/mol. The summed E-state index contributed by atoms with van der Waals surface area (Å²) >= 11 is 2.86. The van der Waals surface area contributed by atoms with Crippen LogP contribution in [0.15, 0.2) is 66.0 Å². The van der Waals surface area contributed by atoms with Crippen molar-refractivity contribution in [2.75, 3.05) is 16.0 Å². The molecule has 7 heteroatoms. The summed E-state index contributed by atoms with van der Waals surface area (Å²) in [6.07, 6.45) is 0. The van der Waals surface area contributed by atoms with E-state index in [1.807, 2.05) is 35.7 Å². The molecule has 27 heavy (non-hydrogen) atoms. The van der Waals surface area contributed by atoms with Gasteiger partial charge in [0.05, 0.1) is 10.6 Å². The summed E-state index contributed by atoms with van der Waals surface area (Å²) < 4.78 is 13.6. The Balaban J connectivity index is 1.60. The lowest BCUT2D eigenvalue weighted by Crippen LogP contribution is -2.27. The zero-order valence-corrected chi connectivity index (χ0v) is 15.7. The maximum Gasteiger partial charge on any atom is 0.265 e. The summed E-state index contributed by atoms with van der Waals surface area (Å²) in [4.78, 5) is 26.9. The van der Waals surface area contributed by atoms with E-state index in [4.69, 9.17) is 0 Å². The molecule has 136 valence electrons. The number of carbonyl (C=O) groups excluding carboxylic acids is 2. The Bertz CT molecular complexity index is 991. The minimum atomic E-state index is -0.382. The predicted molar refractivity (Wildman–Crippen MR) is 108 cm³/mol. The van der Waals surface area contributed by atoms with Crippen LogP contribution in [0.5, 0.6) is 0 Å². The number of thiophene rings is 1. The molecule has 1 N–H and O–H groups in total. The van der Waals surface area contributed by atoms with Crippen molar-refractivity contribution in [3.63, 3.8) is 0 Å². The lowest BCUT2D eigenvalue weighted by molar-refractivity contribution is -0.115. The number of hydrogen-bond donors (Lipinski definition) is 1. The van der Waals surface area contributed by atoms with E-state index >= 15 is 0 Å². The van der Waals surface area contributed by atoms with Gasteiger partial charge in [-0.15, -0.1) is 23.1 Å². The molecule has 1 fully saturated rings. The first-order chi connectivity index (χ1) is 13.1. The number of thioether (sulfide) groups is 1. The van der Waals surface area contributed by atoms with Crippen molar-refractivity contribution in [1.82, 2.24) is 0 Å². The fourth-order valence-corrected chi connectivity index (χ4v) is 4.73. The normalized spacial score (nSPS) is 16.6. The van der Waals surface area contributed by atoms with E-state index in [0.717, 1.165) is 5.56 Å². The molecule has 1 saturated heterocycles. The van der Waals surface area contributed by atoms with Gasteiger partial charge in [-0.2, -0.15) is 0 Å². The van der Waals surface area contributed by atoms with Crippen LogP contribution in [-0.2, 0) is 4.79 Å². The van der Waals surface area contributed by atoms with Crippen molar-refractivity contribution in [2.45, 2.75) is 5.37 Å². The van der Waals surface area contributed by atoms with Crippen molar-refractivity contribution >= 4 is 46.3 Å². The second-order valence-electron chi connectivity index (χ2n) is 5.96. The van der Waals surface area contributed by atoms with Crippen LogP contribution in [0, 0.1) is 5.82 Å². The molecule has 4 rings (SSSR count). The highest BCUT2D eigenvalue weighted by atomic mass is 32.2. The van der Waals surface area contributed by atoms with E-state index in [1.165, 1.54) is 35.2 Å². The number of carbonyl (C=O) groups is 2. The Hall–Kier alpha value is -2.64. The largest absolute Gasteiger partial charge is 0.321 e. The molecule has 1 aliphatic heterocycles. The quantitative estimate of drug-likeness (QED) is 0.679. The zero-order chi connectivity index (χ0) is 18.8. The Morgan fingerprint density at radius 3 is 2.74 bits per heavy atom. The summed E-state index contributed by atoms with van der Waals surface area (Å²) in [6, 6.07) is 17.0. The molecule has 0 bridgehead atoms. The van der Waals surface area contributed by atoms with Gasteiger partial charge >= 0.3 is 0 Å². The van der Waals surface area contributed by atoms with Crippen molar-refractivity contribution < 1.29 is 14.0 Å². The molecule has 1 aliphatic rings. The number of nitrogens with zero attached hydrogens (tertiary/aromatic N) is 1. The van der Waals surface area contributed by atoms with Gasteiger partial charge in [-0.1, -0.05) is 24.3 Å². The van der Waals surface area contributed by atoms with Gasteiger partial charge in [-0.05, 0) is 47.3 Å². The van der Waals surface area contributed by atoms with E-state index in [1.54, 1.807) is 23.1 Å². The van der Waals surface area contributed by atoms with Crippen LogP contribution in [0.4, 0.5) is 15.8 Å². The van der Waals surface area contributed by atoms with Gasteiger partial charge in [-0.25, -0.2) is 4.39 Å². The predicted octanol–water partition coefficient (Wildman–Crippen LogP) is 4.92. The van der Waals surface area contributed by atoms with Crippen LogP contribution in [0.1, 0.15) is 20.6 Å². The Kier molecular flexibility index (Phi) is 4.96. The van der Waals surface area contributed by atoms with Gasteiger partial charge in [0, 0.05) is 11.4 Å². The van der Waals surface area contributed by atoms with Gasteiger partial charge in [-0.3, -0.25) is 14.5 Å². The first-order valence-corrected chi connectivity index (χ1v) is 10.2. The number of amides is 2. The average molecular weight is 398 g/mol. The summed E-state index contributed by atoms with van der Waals surface area (Å²) in [7, 11) is 0. The van der Waals surface area contributed by atoms with Crippen LogP contribution in [-0.4, -0.2) is 17.6 Å². The molecule has 2 amide bonds. The summed E-state index contributed by atoms with van der Waals surface area (Å²) in [6.45, 7) is 0. The molecule has 1 unspecified atom stereocenters. The highest BCUT2D eigenvalue weighted by Gasteiger charge is 2.34. The van der Waals surface area contributed by atoms with Crippen LogP contribution >= 0.6 is 23.1 Å². The van der Waals surface area contributed by atoms with Crippen molar-refractivity contribution in [3.05, 3.63) is 82.3 Å². The molecule has 1 atom stereocenters. The van der Waals surface area contributed by atoms with Crippen LogP contribution < -0.4 is 10.2 Å². The monoisotopic (exact) mass is 398 g/mol. The Labute approximate surface area is 164 Å². The third-order valence-corrected chi connectivity index (χ3v) is 6.21. The lowest BCUT2D eigenvalue weighted by atomic mass is 10.1. The molecule has 2 aromatic carbocycles. The topological polar surface area (TPSA) is 49.4 Å². The Morgan fingerprint density at radius 2 is 1.96 bits per heavy atom. The van der Waals surface area contributed by atoms with Crippen molar-refractivity contribution in [2.24, 2.45) is 0 Å². The third-order valence-electron chi connectivity index (χ3n) is 4.13. The Morgan fingerprint density at radius 1 is 1.11 bits per heavy atom. The maximum absolute atomic E-state index is 13.6. The average Bonchev–Trinajstić information content (AvgIpc) is 3.32. The molecule has 4 nitrogen and oxygen atoms in total. The molecule has 0 spiro atoms. The number of nitrogens with one attached hydrogen (secondary N) is 1. The van der Waals surface area contributed by atoms with Gasteiger partial charge in [0.15, 0.2) is 0 Å². The number of rotatable bonds is 4. The summed E-state index contributed by atoms with van der Waals surface area (Å²) in [5, 5.41) is 4.47. The fourth-order valence-electron chi connectivity index (χ4n) is 2.95. The van der Waals surface area contributed by atoms with Crippen molar-refractivity contribution in [3.8, 4) is 0 Å². The minimum Gasteiger partial charge on any atom is -0.321 e. The second kappa shape index (κ2) is 7.54. The van der Waals surface area contributed by atoms with Gasteiger partial charge in [0.1, 0.15) is 11.2 Å². The minimum absolute atomic E-state index is 0.0661. The maximum atomic E-state index is 13.6. The molecule has 0 radical (unpaired) electrons. The summed E-state index contributed by atoms with van der Waals surface area (Å²) in [5.41, 5.74) is 2.06. The van der Waals surface area contributed by atoms with E-state index < -0.39 is 0 Å². The highest BCUT2D eigenvalue weighted by molar-refractivity contribution is 8.00. The number of hydrogen-bond acceptors (Lipinski definition) is 4. The number of benzene rings is 2. The smallest absolute Gasteiger partial charge is 0.265 e. The van der Waals surface area contributed by atoms with E-state index in [0.29, 0.717) is 22.0 Å². The highest BCUT2D eigenvalue weighted by Crippen LogP contribution is 2.42. The van der Waals surface area contributed by atoms with Gasteiger partial charge < -0.3 is 5.32 Å². The second-order valence-corrected chi connectivity index (χ2v) is 7.98. The SMILES string of the molecule is O=C(Nc1cccc(C2SCC(=O)N2c2cccc(F)c2)c1)c1cccs1. The molecule has 2 heterocycles. The van der Waals surface area contributed by atoms with Gasteiger partial charge in [0.2, 0.25) is 5.91 Å². The number of halogens is 1. The lowest BCUT2D eigenvalue weighted by Gasteiger charge is -2.24. The van der Waals surface area contributed by atoms with Gasteiger partial charge in [0.25, 0.3) is 5.91 Å². The number of anilines is 2. The van der Waals surface area contributed by atoms with E-state index in [2.05, 4.69) is 5.32 Å². The first-order valence-electron chi connectivity index (χ1n) is 8.26. The van der Waals surface area contributed by atoms with Crippen molar-refractivity contribution in [1.29, 1.82) is 0 Å². The molecule has 0 saturated carbocycles. The van der Waals surface area contributed by atoms with Crippen LogP contribution in [0.25, 0.3) is 0 Å². The summed E-state index contributed by atoms with van der Waals surface area (Å²) in [5.74, 6) is -0.289. The molecular formula is C20H15FN2O2S2. The molecule has 3 aromatic rings. The van der Waals surface area contributed by atoms with Crippen LogP contribution in [0.3, 0.4) is 0 Å². The van der Waals surface area contributed by atoms with E-state index in [9.17, 15) is 14.0 Å². The molecule has 0 aliphatic carbocycles. The van der Waals surface area contributed by atoms with Crippen LogP contribution in [0.2, 0.25) is 0 Å². The fraction of sp³-hybridized carbons (Fsp3) is 0.100. The first kappa shape index (κ1) is 17.8. The zero-order valence-electron chi connectivity index (χ0n) is 14.1. The molecule has 1 aromatic heterocycles. The third kappa shape index (κ3) is 3.74. The van der Waals surface area contributed by atoms with E-state index in [-0.39, 0.29) is 23.0 Å². The standard InChI is InChI=1S/C20H15FN2O2S2/c21-14-5-2-7-16(11-14)23-18(24)12-27-20(23)13-4-1-6-15(10-13)22-19(25)17-8-3-9-26-17/h1-11,20H,12H2,(H,22,25).